The number of rotatable bonds is 6. The summed E-state index contributed by atoms with van der Waals surface area (Å²) in [5.74, 6) is 0.125. The van der Waals surface area contributed by atoms with Crippen LogP contribution in [0.1, 0.15) is 24.2 Å². The van der Waals surface area contributed by atoms with Gasteiger partial charge >= 0.3 is 0 Å². The molecule has 0 heterocycles. The van der Waals surface area contributed by atoms with Crippen LogP contribution in [0.2, 0.25) is 0 Å². The Morgan fingerprint density at radius 2 is 2.14 bits per heavy atom. The molecule has 1 amide bonds. The zero-order valence-corrected chi connectivity index (χ0v) is 12.7. The second-order valence-corrected chi connectivity index (χ2v) is 5.18. The summed E-state index contributed by atoms with van der Waals surface area (Å²) in [6.07, 6.45) is -0.0265. The van der Waals surface area contributed by atoms with Crippen molar-refractivity contribution in [3.63, 3.8) is 0 Å². The summed E-state index contributed by atoms with van der Waals surface area (Å²) in [5, 5.41) is 14.3. The number of nitrogens with one attached hydrogen (secondary N) is 1. The van der Waals surface area contributed by atoms with Crippen LogP contribution in [0, 0.1) is 0 Å². The minimum Gasteiger partial charge on any atom is -0.497 e. The zero-order valence-electron chi connectivity index (χ0n) is 12.7. The van der Waals surface area contributed by atoms with E-state index in [2.05, 4.69) is 5.32 Å². The summed E-state index contributed by atoms with van der Waals surface area (Å²) in [4.78, 5) is 11.0. The molecule has 4 nitrogen and oxygen atoms in total. The van der Waals surface area contributed by atoms with Crippen molar-refractivity contribution < 1.29 is 19.0 Å². The van der Waals surface area contributed by atoms with Crippen molar-refractivity contribution in [3.8, 4) is 5.75 Å². The van der Waals surface area contributed by atoms with Crippen LogP contribution in [0.15, 0.2) is 30.3 Å². The normalized spacial score (nSPS) is 12.2. The number of aliphatic hydroxyl groups excluding tert-OH is 1. The first kappa shape index (κ1) is 16.2. The first-order valence-corrected chi connectivity index (χ1v) is 7.16. The number of benzene rings is 2. The molecule has 0 fully saturated rings. The van der Waals surface area contributed by atoms with E-state index in [1.165, 1.54) is 0 Å². The van der Waals surface area contributed by atoms with Crippen LogP contribution in [0.5, 0.6) is 5.75 Å². The highest BCUT2D eigenvalue weighted by molar-refractivity contribution is 5.88. The SMILES string of the molecule is COc1ccc2cc(C(C)O)cc(CCNC(=O)CF)c2c1. The van der Waals surface area contributed by atoms with Gasteiger partial charge in [-0.05, 0) is 53.4 Å². The van der Waals surface area contributed by atoms with E-state index in [4.69, 9.17) is 4.74 Å². The summed E-state index contributed by atoms with van der Waals surface area (Å²) in [5.41, 5.74) is 1.79. The van der Waals surface area contributed by atoms with Gasteiger partial charge in [-0.3, -0.25) is 4.79 Å². The summed E-state index contributed by atoms with van der Waals surface area (Å²) in [6.45, 7) is 1.04. The van der Waals surface area contributed by atoms with Crippen molar-refractivity contribution in [2.45, 2.75) is 19.4 Å². The first-order valence-electron chi connectivity index (χ1n) is 7.16. The largest absolute Gasteiger partial charge is 0.497 e. The van der Waals surface area contributed by atoms with Crippen molar-refractivity contribution in [1.82, 2.24) is 5.32 Å². The highest BCUT2D eigenvalue weighted by atomic mass is 19.1. The number of hydrogen-bond donors (Lipinski definition) is 2. The minimum atomic E-state index is -1.01. The van der Waals surface area contributed by atoms with Crippen LogP contribution in [0.3, 0.4) is 0 Å². The fourth-order valence-corrected chi connectivity index (χ4v) is 2.40. The number of alkyl halides is 1. The molecule has 0 aromatic heterocycles. The maximum absolute atomic E-state index is 12.2. The lowest BCUT2D eigenvalue weighted by Crippen LogP contribution is -2.26. The third-order valence-corrected chi connectivity index (χ3v) is 3.59. The molecule has 0 bridgehead atoms. The molecule has 22 heavy (non-hydrogen) atoms. The number of carbonyl (C=O) groups is 1. The average molecular weight is 305 g/mol. The van der Waals surface area contributed by atoms with Crippen molar-refractivity contribution in [3.05, 3.63) is 41.5 Å². The molecular weight excluding hydrogens is 285 g/mol. The Morgan fingerprint density at radius 1 is 1.36 bits per heavy atom. The van der Waals surface area contributed by atoms with Gasteiger partial charge in [0.05, 0.1) is 13.2 Å². The van der Waals surface area contributed by atoms with Crippen molar-refractivity contribution >= 4 is 16.7 Å². The number of halogens is 1. The van der Waals surface area contributed by atoms with E-state index >= 15 is 0 Å². The number of carbonyl (C=O) groups excluding carboxylic acids is 1. The van der Waals surface area contributed by atoms with E-state index in [1.54, 1.807) is 14.0 Å². The lowest BCUT2D eigenvalue weighted by molar-refractivity contribution is -0.121. The Labute approximate surface area is 128 Å². The molecular formula is C17H20FNO3. The maximum Gasteiger partial charge on any atom is 0.251 e. The van der Waals surface area contributed by atoms with Gasteiger partial charge in [0.2, 0.25) is 0 Å². The fraction of sp³-hybridized carbons (Fsp3) is 0.353. The summed E-state index contributed by atoms with van der Waals surface area (Å²) in [7, 11) is 1.60. The zero-order chi connectivity index (χ0) is 16.1. The predicted octanol–water partition coefficient (Wildman–Crippen LogP) is 2.53. The molecule has 5 heteroatoms. The molecule has 2 rings (SSSR count). The fourth-order valence-electron chi connectivity index (χ4n) is 2.40. The quantitative estimate of drug-likeness (QED) is 0.862. The van der Waals surface area contributed by atoms with Crippen LogP contribution >= 0.6 is 0 Å². The number of ether oxygens (including phenoxy) is 1. The van der Waals surface area contributed by atoms with Gasteiger partial charge < -0.3 is 15.2 Å². The topological polar surface area (TPSA) is 58.6 Å². The van der Waals surface area contributed by atoms with Crippen LogP contribution in [0.25, 0.3) is 10.8 Å². The van der Waals surface area contributed by atoms with E-state index in [-0.39, 0.29) is 0 Å². The molecule has 2 N–H and O–H groups in total. The van der Waals surface area contributed by atoms with E-state index < -0.39 is 18.7 Å². The second kappa shape index (κ2) is 7.22. The number of amides is 1. The average Bonchev–Trinajstić information content (AvgIpc) is 2.53. The Hall–Kier alpha value is -2.14. The van der Waals surface area contributed by atoms with Crippen LogP contribution in [-0.4, -0.2) is 31.3 Å². The Morgan fingerprint density at radius 3 is 2.77 bits per heavy atom. The Bertz CT molecular complexity index is 670. The highest BCUT2D eigenvalue weighted by Crippen LogP contribution is 2.28. The molecule has 0 saturated heterocycles. The molecule has 1 atom stereocenters. The molecule has 0 radical (unpaired) electrons. The van der Waals surface area contributed by atoms with E-state index in [0.29, 0.717) is 13.0 Å². The molecule has 0 aliphatic carbocycles. The van der Waals surface area contributed by atoms with Gasteiger partial charge in [0.1, 0.15) is 5.75 Å². The van der Waals surface area contributed by atoms with E-state index in [1.807, 2.05) is 30.3 Å². The third kappa shape index (κ3) is 3.74. The summed E-state index contributed by atoms with van der Waals surface area (Å²) >= 11 is 0. The number of aliphatic hydroxyl groups is 1. The molecule has 0 saturated carbocycles. The molecule has 2 aromatic rings. The lowest BCUT2D eigenvalue weighted by atomic mass is 9.96. The highest BCUT2D eigenvalue weighted by Gasteiger charge is 2.09. The standard InChI is InChI=1S/C17H20FNO3/c1-11(20)14-7-12-3-4-15(22-2)9-16(12)13(8-14)5-6-19-17(21)10-18/h3-4,7-9,11,20H,5-6,10H2,1-2H3,(H,19,21). The Balaban J connectivity index is 2.36. The van der Waals surface area contributed by atoms with Gasteiger partial charge in [0, 0.05) is 6.54 Å². The number of hydrogen-bond acceptors (Lipinski definition) is 3. The maximum atomic E-state index is 12.2. The molecule has 118 valence electrons. The third-order valence-electron chi connectivity index (χ3n) is 3.59. The van der Waals surface area contributed by atoms with Crippen LogP contribution in [-0.2, 0) is 11.2 Å². The van der Waals surface area contributed by atoms with Gasteiger partial charge in [-0.2, -0.15) is 0 Å². The van der Waals surface area contributed by atoms with Crippen LogP contribution < -0.4 is 10.1 Å². The molecule has 2 aromatic carbocycles. The van der Waals surface area contributed by atoms with Crippen LogP contribution in [0.4, 0.5) is 4.39 Å². The number of fused-ring (bicyclic) bond motifs is 1. The van der Waals surface area contributed by atoms with E-state index in [0.717, 1.165) is 27.6 Å². The smallest absolute Gasteiger partial charge is 0.251 e. The second-order valence-electron chi connectivity index (χ2n) is 5.18. The van der Waals surface area contributed by atoms with Crippen molar-refractivity contribution in [2.75, 3.05) is 20.3 Å². The lowest BCUT2D eigenvalue weighted by Gasteiger charge is -2.13. The van der Waals surface area contributed by atoms with Gasteiger partial charge in [-0.15, -0.1) is 0 Å². The molecule has 0 spiro atoms. The molecule has 0 aliphatic heterocycles. The summed E-state index contributed by atoms with van der Waals surface area (Å²) < 4.78 is 17.4. The van der Waals surface area contributed by atoms with Gasteiger partial charge in [0.15, 0.2) is 6.67 Å². The van der Waals surface area contributed by atoms with Crippen molar-refractivity contribution in [2.24, 2.45) is 0 Å². The van der Waals surface area contributed by atoms with Gasteiger partial charge in [-0.25, -0.2) is 4.39 Å². The predicted molar refractivity (Wildman–Crippen MR) is 83.8 cm³/mol. The van der Waals surface area contributed by atoms with Gasteiger partial charge in [0.25, 0.3) is 5.91 Å². The number of methoxy groups -OCH3 is 1. The summed E-state index contributed by atoms with van der Waals surface area (Å²) in [6, 6.07) is 9.57. The Kier molecular flexibility index (Phi) is 5.33. The monoisotopic (exact) mass is 305 g/mol. The van der Waals surface area contributed by atoms with Gasteiger partial charge in [-0.1, -0.05) is 12.1 Å². The minimum absolute atomic E-state index is 0.346. The van der Waals surface area contributed by atoms with E-state index in [9.17, 15) is 14.3 Å². The molecule has 1 unspecified atom stereocenters. The first-order chi connectivity index (χ1) is 10.5. The molecule has 0 aliphatic rings. The van der Waals surface area contributed by atoms with Crippen molar-refractivity contribution in [1.29, 1.82) is 0 Å².